The van der Waals surface area contributed by atoms with Crippen LogP contribution >= 0.6 is 15.9 Å². The molecule has 0 heterocycles. The highest BCUT2D eigenvalue weighted by Gasteiger charge is 2.26. The molecule has 1 amide bonds. The number of benzene rings is 2. The van der Waals surface area contributed by atoms with Gasteiger partial charge in [-0.2, -0.15) is 0 Å². The number of rotatable bonds is 2. The van der Waals surface area contributed by atoms with Crippen LogP contribution in [0.1, 0.15) is 29.9 Å². The molecule has 0 saturated heterocycles. The van der Waals surface area contributed by atoms with Crippen LogP contribution in [0.25, 0.3) is 0 Å². The van der Waals surface area contributed by atoms with E-state index in [1.54, 1.807) is 12.1 Å². The second-order valence-corrected chi connectivity index (χ2v) is 6.23. The lowest BCUT2D eigenvalue weighted by molar-refractivity contribution is -0.117. The lowest BCUT2D eigenvalue weighted by Gasteiger charge is -2.24. The Labute approximate surface area is 132 Å². The second-order valence-electron chi connectivity index (χ2n) is 5.37. The fraction of sp³-hybridized carbons (Fsp3) is 0.235. The number of carbonyl (C=O) groups excluding carboxylic acids is 1. The second kappa shape index (κ2) is 5.90. The van der Waals surface area contributed by atoms with Crippen LogP contribution in [0.5, 0.6) is 0 Å². The van der Waals surface area contributed by atoms with Gasteiger partial charge in [0.1, 0.15) is 0 Å². The minimum atomic E-state index is -0.0700. The molecule has 108 valence electrons. The number of aryl methyl sites for hydroxylation is 1. The van der Waals surface area contributed by atoms with Gasteiger partial charge in [0.15, 0.2) is 0 Å². The maximum atomic E-state index is 12.6. The van der Waals surface area contributed by atoms with E-state index in [4.69, 9.17) is 5.73 Å². The van der Waals surface area contributed by atoms with Crippen molar-refractivity contribution in [2.24, 2.45) is 0 Å². The standard InChI is InChI=1S/C17H17BrN2O/c18-15-10-12(19)8-9-16(15)20-17(21)14-7-3-5-11-4-1-2-6-13(11)14/h1-2,4,6,8-10,14H,3,5,7,19H2,(H,20,21). The van der Waals surface area contributed by atoms with Crippen molar-refractivity contribution in [3.8, 4) is 0 Å². The van der Waals surface area contributed by atoms with Crippen molar-refractivity contribution in [3.63, 3.8) is 0 Å². The number of amides is 1. The molecule has 0 fully saturated rings. The first kappa shape index (κ1) is 14.1. The Morgan fingerprint density at radius 1 is 1.24 bits per heavy atom. The van der Waals surface area contributed by atoms with Crippen LogP contribution in [0.3, 0.4) is 0 Å². The first-order valence-electron chi connectivity index (χ1n) is 7.09. The number of nitrogens with two attached hydrogens (primary N) is 1. The van der Waals surface area contributed by atoms with Gasteiger partial charge in [-0.1, -0.05) is 24.3 Å². The molecule has 0 saturated carbocycles. The Bertz CT molecular complexity index is 684. The van der Waals surface area contributed by atoms with Gasteiger partial charge in [0.05, 0.1) is 11.6 Å². The third kappa shape index (κ3) is 2.95. The molecule has 4 heteroatoms. The lowest BCUT2D eigenvalue weighted by atomic mass is 9.82. The van der Waals surface area contributed by atoms with Crippen LogP contribution in [0, 0.1) is 0 Å². The molecule has 0 radical (unpaired) electrons. The third-order valence-electron chi connectivity index (χ3n) is 3.94. The number of anilines is 2. The van der Waals surface area contributed by atoms with E-state index in [0.29, 0.717) is 5.69 Å². The van der Waals surface area contributed by atoms with Gasteiger partial charge < -0.3 is 11.1 Å². The van der Waals surface area contributed by atoms with Crippen molar-refractivity contribution >= 4 is 33.2 Å². The van der Waals surface area contributed by atoms with E-state index in [2.05, 4.69) is 33.4 Å². The molecule has 2 aromatic carbocycles. The number of carbonyl (C=O) groups is 1. The number of nitrogens with one attached hydrogen (secondary N) is 1. The minimum absolute atomic E-state index is 0.0487. The van der Waals surface area contributed by atoms with E-state index >= 15 is 0 Å². The summed E-state index contributed by atoms with van der Waals surface area (Å²) in [7, 11) is 0. The van der Waals surface area contributed by atoms with Gasteiger partial charge in [-0.15, -0.1) is 0 Å². The Hall–Kier alpha value is -1.81. The maximum absolute atomic E-state index is 12.6. The van der Waals surface area contributed by atoms with Crippen LogP contribution < -0.4 is 11.1 Å². The molecule has 2 aromatic rings. The summed E-state index contributed by atoms with van der Waals surface area (Å²) in [5.74, 6) is -0.0213. The maximum Gasteiger partial charge on any atom is 0.231 e. The Kier molecular flexibility index (Phi) is 3.97. The first-order chi connectivity index (χ1) is 10.1. The number of halogens is 1. The number of hydrogen-bond donors (Lipinski definition) is 2. The molecule has 1 aliphatic carbocycles. The number of fused-ring (bicyclic) bond motifs is 1. The Morgan fingerprint density at radius 2 is 2.05 bits per heavy atom. The van der Waals surface area contributed by atoms with Gasteiger partial charge in [-0.3, -0.25) is 4.79 Å². The molecule has 0 spiro atoms. The molecule has 3 N–H and O–H groups in total. The zero-order valence-corrected chi connectivity index (χ0v) is 13.2. The van der Waals surface area contributed by atoms with Crippen LogP contribution in [-0.4, -0.2) is 5.91 Å². The topological polar surface area (TPSA) is 55.1 Å². The van der Waals surface area contributed by atoms with Crippen molar-refractivity contribution in [2.75, 3.05) is 11.1 Å². The van der Waals surface area contributed by atoms with Crippen LogP contribution in [0.2, 0.25) is 0 Å². The van der Waals surface area contributed by atoms with Crippen molar-refractivity contribution in [1.29, 1.82) is 0 Å². The fourth-order valence-electron chi connectivity index (χ4n) is 2.88. The van der Waals surface area contributed by atoms with Crippen LogP contribution in [0.4, 0.5) is 11.4 Å². The average molecular weight is 345 g/mol. The predicted octanol–water partition coefficient (Wildman–Crippen LogP) is 4.09. The zero-order chi connectivity index (χ0) is 14.8. The summed E-state index contributed by atoms with van der Waals surface area (Å²) < 4.78 is 0.806. The van der Waals surface area contributed by atoms with E-state index < -0.39 is 0 Å². The van der Waals surface area contributed by atoms with Gasteiger partial charge in [0.2, 0.25) is 5.91 Å². The fourth-order valence-corrected chi connectivity index (χ4v) is 3.37. The molecule has 1 unspecified atom stereocenters. The highest BCUT2D eigenvalue weighted by Crippen LogP contribution is 2.33. The molecule has 0 aliphatic heterocycles. The third-order valence-corrected chi connectivity index (χ3v) is 4.59. The van der Waals surface area contributed by atoms with Crippen molar-refractivity contribution in [1.82, 2.24) is 0 Å². The van der Waals surface area contributed by atoms with E-state index in [1.807, 2.05) is 18.2 Å². The SMILES string of the molecule is Nc1ccc(NC(=O)C2CCCc3ccccc32)c(Br)c1. The molecule has 0 bridgehead atoms. The number of hydrogen-bond acceptors (Lipinski definition) is 2. The predicted molar refractivity (Wildman–Crippen MR) is 89.3 cm³/mol. The Balaban J connectivity index is 1.83. The summed E-state index contributed by atoms with van der Waals surface area (Å²) in [6, 6.07) is 13.6. The van der Waals surface area contributed by atoms with E-state index in [1.165, 1.54) is 5.56 Å². The number of nitrogen functional groups attached to an aromatic ring is 1. The zero-order valence-electron chi connectivity index (χ0n) is 11.6. The van der Waals surface area contributed by atoms with E-state index in [0.717, 1.165) is 35.0 Å². The average Bonchev–Trinajstić information content (AvgIpc) is 2.49. The van der Waals surface area contributed by atoms with Crippen molar-refractivity contribution in [2.45, 2.75) is 25.2 Å². The van der Waals surface area contributed by atoms with Crippen LogP contribution in [-0.2, 0) is 11.2 Å². The van der Waals surface area contributed by atoms with Crippen molar-refractivity contribution in [3.05, 3.63) is 58.1 Å². The Morgan fingerprint density at radius 3 is 2.86 bits per heavy atom. The summed E-state index contributed by atoms with van der Waals surface area (Å²) >= 11 is 3.44. The smallest absolute Gasteiger partial charge is 0.231 e. The van der Waals surface area contributed by atoms with Crippen LogP contribution in [0.15, 0.2) is 46.9 Å². The van der Waals surface area contributed by atoms with Gasteiger partial charge in [-0.05, 0) is 64.5 Å². The quantitative estimate of drug-likeness (QED) is 0.806. The van der Waals surface area contributed by atoms with E-state index in [9.17, 15) is 4.79 Å². The molecule has 3 nitrogen and oxygen atoms in total. The normalized spacial score (nSPS) is 17.1. The minimum Gasteiger partial charge on any atom is -0.399 e. The summed E-state index contributed by atoms with van der Waals surface area (Å²) in [6.07, 6.45) is 3.01. The van der Waals surface area contributed by atoms with Gasteiger partial charge >= 0.3 is 0 Å². The molecule has 1 aliphatic rings. The largest absolute Gasteiger partial charge is 0.399 e. The van der Waals surface area contributed by atoms with Gasteiger partial charge in [0.25, 0.3) is 0 Å². The van der Waals surface area contributed by atoms with E-state index in [-0.39, 0.29) is 11.8 Å². The van der Waals surface area contributed by atoms with Gasteiger partial charge in [0, 0.05) is 10.2 Å². The summed E-state index contributed by atoms with van der Waals surface area (Å²) in [5.41, 5.74) is 9.60. The summed E-state index contributed by atoms with van der Waals surface area (Å²) in [5, 5.41) is 3.01. The highest BCUT2D eigenvalue weighted by molar-refractivity contribution is 9.10. The monoisotopic (exact) mass is 344 g/mol. The molecule has 0 aromatic heterocycles. The van der Waals surface area contributed by atoms with Gasteiger partial charge in [-0.25, -0.2) is 0 Å². The molecular formula is C17H17BrN2O. The molecule has 1 atom stereocenters. The van der Waals surface area contributed by atoms with Crippen molar-refractivity contribution < 1.29 is 4.79 Å². The molecule has 3 rings (SSSR count). The first-order valence-corrected chi connectivity index (χ1v) is 7.88. The summed E-state index contributed by atoms with van der Waals surface area (Å²) in [6.45, 7) is 0. The summed E-state index contributed by atoms with van der Waals surface area (Å²) in [4.78, 5) is 12.6. The molecule has 21 heavy (non-hydrogen) atoms. The molecular weight excluding hydrogens is 328 g/mol. The highest BCUT2D eigenvalue weighted by atomic mass is 79.9. The lowest BCUT2D eigenvalue weighted by Crippen LogP contribution is -2.24.